The molecular weight excluding hydrogens is 490 g/mol. The van der Waals surface area contributed by atoms with E-state index in [1.807, 2.05) is 24.4 Å². The first-order chi connectivity index (χ1) is 18.7. The van der Waals surface area contributed by atoms with E-state index in [2.05, 4.69) is 79.0 Å². The van der Waals surface area contributed by atoms with Crippen LogP contribution in [0.25, 0.3) is 22.2 Å². The zero-order valence-electron chi connectivity index (χ0n) is 20.9. The molecule has 0 saturated carbocycles. The second-order valence-electron chi connectivity index (χ2n) is 10.2. The Morgan fingerprint density at radius 2 is 1.76 bits per heavy atom. The molecule has 2 aliphatic heterocycles. The highest BCUT2D eigenvalue weighted by atomic mass is 32.1. The first kappa shape index (κ1) is 23.1. The number of thiocarbonyl (C=S) groups is 1. The van der Waals surface area contributed by atoms with Crippen molar-refractivity contribution < 1.29 is 0 Å². The van der Waals surface area contributed by atoms with Crippen LogP contribution < -0.4 is 10.6 Å². The van der Waals surface area contributed by atoms with Gasteiger partial charge in [-0.05, 0) is 60.8 Å². The minimum atomic E-state index is -0.183. The smallest absolute Gasteiger partial charge is 0.173 e. The zero-order chi connectivity index (χ0) is 25.5. The summed E-state index contributed by atoms with van der Waals surface area (Å²) >= 11 is 5.77. The van der Waals surface area contributed by atoms with Gasteiger partial charge in [0.15, 0.2) is 5.11 Å². The van der Waals surface area contributed by atoms with Crippen molar-refractivity contribution in [2.24, 2.45) is 0 Å². The minimum absolute atomic E-state index is 0.0891. The molecule has 0 unspecified atom stereocenters. The molecule has 1 saturated heterocycles. The molecule has 38 heavy (non-hydrogen) atoms. The molecule has 4 N–H and O–H groups in total. The maximum atomic E-state index is 5.77. The number of para-hydroxylation sites is 1. The average molecular weight is 520 g/mol. The fraction of sp³-hybridized carbons (Fsp3) is 0.233. The van der Waals surface area contributed by atoms with Crippen LogP contribution in [0.1, 0.15) is 36.0 Å². The highest BCUT2D eigenvalue weighted by molar-refractivity contribution is 7.80. The number of hydrogen-bond acceptors (Lipinski definition) is 4. The summed E-state index contributed by atoms with van der Waals surface area (Å²) in [4.78, 5) is 18.7. The van der Waals surface area contributed by atoms with Gasteiger partial charge >= 0.3 is 0 Å². The Morgan fingerprint density at radius 3 is 2.58 bits per heavy atom. The van der Waals surface area contributed by atoms with Gasteiger partial charge in [0, 0.05) is 35.9 Å². The molecule has 0 aliphatic carbocycles. The van der Waals surface area contributed by atoms with Crippen LogP contribution >= 0.6 is 12.2 Å². The summed E-state index contributed by atoms with van der Waals surface area (Å²) in [6.45, 7) is 1.71. The van der Waals surface area contributed by atoms with Crippen LogP contribution in [0.3, 0.4) is 0 Å². The van der Waals surface area contributed by atoms with E-state index in [1.165, 1.54) is 22.2 Å². The van der Waals surface area contributed by atoms with Crippen LogP contribution in [-0.2, 0) is 12.0 Å². The van der Waals surface area contributed by atoms with Crippen LogP contribution in [0.2, 0.25) is 0 Å². The third kappa shape index (κ3) is 4.06. The van der Waals surface area contributed by atoms with Gasteiger partial charge in [-0.15, -0.1) is 0 Å². The van der Waals surface area contributed by atoms with Gasteiger partial charge in [-0.3, -0.25) is 10.3 Å². The largest absolute Gasteiger partial charge is 0.357 e. The third-order valence-electron chi connectivity index (χ3n) is 7.98. The predicted molar refractivity (Wildman–Crippen MR) is 155 cm³/mol. The number of fused-ring (bicyclic) bond motifs is 4. The second kappa shape index (κ2) is 9.38. The number of piperidine rings is 1. The van der Waals surface area contributed by atoms with Gasteiger partial charge in [0.1, 0.15) is 5.82 Å². The zero-order valence-corrected chi connectivity index (χ0v) is 21.8. The van der Waals surface area contributed by atoms with Gasteiger partial charge in [-0.1, -0.05) is 48.5 Å². The van der Waals surface area contributed by atoms with E-state index in [0.29, 0.717) is 0 Å². The van der Waals surface area contributed by atoms with Crippen molar-refractivity contribution in [1.82, 2.24) is 30.2 Å². The number of hydrogen-bond donors (Lipinski definition) is 4. The number of aromatic nitrogens is 4. The number of likely N-dealkylation sites (tertiary alicyclic amines) is 1. The normalized spacial score (nSPS) is 18.4. The lowest BCUT2D eigenvalue weighted by Crippen LogP contribution is -2.56. The van der Waals surface area contributed by atoms with E-state index >= 15 is 0 Å². The molecule has 5 aromatic rings. The number of benzene rings is 2. The molecule has 8 heteroatoms. The SMILES string of the molecule is S=C(Nc1cccnc1)N1CCC2(CC1)N[C@@H](c1ncc(-c3ccccc3)[nH]1)Cc1c2[nH]c2ccccc12. The predicted octanol–water partition coefficient (Wildman–Crippen LogP) is 5.53. The van der Waals surface area contributed by atoms with E-state index < -0.39 is 0 Å². The van der Waals surface area contributed by atoms with E-state index in [-0.39, 0.29) is 11.6 Å². The molecular formula is C30H29N7S. The average Bonchev–Trinajstić information content (AvgIpc) is 3.61. The Kier molecular flexibility index (Phi) is 5.71. The summed E-state index contributed by atoms with van der Waals surface area (Å²) in [5.74, 6) is 0.982. The molecule has 2 aromatic carbocycles. The van der Waals surface area contributed by atoms with Crippen molar-refractivity contribution in [3.63, 3.8) is 0 Å². The summed E-state index contributed by atoms with van der Waals surface area (Å²) in [7, 11) is 0. The molecule has 7 rings (SSSR count). The monoisotopic (exact) mass is 519 g/mol. The van der Waals surface area contributed by atoms with Crippen molar-refractivity contribution in [1.29, 1.82) is 0 Å². The number of rotatable bonds is 3. The lowest BCUT2D eigenvalue weighted by Gasteiger charge is -2.47. The van der Waals surface area contributed by atoms with Gasteiger partial charge in [0.2, 0.25) is 0 Å². The molecule has 0 radical (unpaired) electrons. The number of nitrogens with one attached hydrogen (secondary N) is 4. The summed E-state index contributed by atoms with van der Waals surface area (Å²) in [5, 5.41) is 9.45. The number of pyridine rings is 1. The Morgan fingerprint density at radius 1 is 0.947 bits per heavy atom. The molecule has 0 amide bonds. The number of H-pyrrole nitrogens is 2. The van der Waals surface area contributed by atoms with Gasteiger partial charge in [-0.2, -0.15) is 0 Å². The number of anilines is 1. The van der Waals surface area contributed by atoms with Crippen LogP contribution in [0.5, 0.6) is 0 Å². The van der Waals surface area contributed by atoms with Crippen LogP contribution in [0, 0.1) is 0 Å². The van der Waals surface area contributed by atoms with Gasteiger partial charge in [-0.25, -0.2) is 4.98 Å². The molecule has 2 aliphatic rings. The van der Waals surface area contributed by atoms with Crippen molar-refractivity contribution in [2.75, 3.05) is 18.4 Å². The fourth-order valence-corrected chi connectivity index (χ4v) is 6.35. The van der Waals surface area contributed by atoms with E-state index in [0.717, 1.165) is 60.2 Å². The first-order valence-electron chi connectivity index (χ1n) is 13.1. The highest BCUT2D eigenvalue weighted by Gasteiger charge is 2.45. The number of nitrogens with zero attached hydrogens (tertiary/aromatic N) is 3. The maximum Gasteiger partial charge on any atom is 0.173 e. The summed E-state index contributed by atoms with van der Waals surface area (Å²) in [6.07, 6.45) is 8.27. The third-order valence-corrected chi connectivity index (χ3v) is 8.34. The van der Waals surface area contributed by atoms with Crippen molar-refractivity contribution in [3.05, 3.63) is 102 Å². The number of imidazole rings is 1. The van der Waals surface area contributed by atoms with Crippen molar-refractivity contribution in [2.45, 2.75) is 30.8 Å². The van der Waals surface area contributed by atoms with Crippen molar-refractivity contribution >= 4 is 33.9 Å². The van der Waals surface area contributed by atoms with E-state index in [1.54, 1.807) is 12.4 Å². The topological polar surface area (TPSA) is 84.7 Å². The molecule has 1 atom stereocenters. The van der Waals surface area contributed by atoms with Crippen molar-refractivity contribution in [3.8, 4) is 11.3 Å². The van der Waals surface area contributed by atoms with Gasteiger partial charge in [0.05, 0.1) is 35.4 Å². The standard InChI is InChI=1S/C30H29N7S/c38-29(33-21-9-6-14-31-18-21)37-15-12-30(13-16-37)27-23(22-10-4-5-11-24(22)34-27)17-25(36-30)28-32-19-26(35-28)20-7-2-1-3-8-20/h1-11,14,18-19,25,34,36H,12-13,15-17H2,(H,32,35)(H,33,38)/t25-/m1/s1. The Balaban J connectivity index is 1.19. The minimum Gasteiger partial charge on any atom is -0.357 e. The summed E-state index contributed by atoms with van der Waals surface area (Å²) in [5.41, 5.74) is 6.83. The summed E-state index contributed by atoms with van der Waals surface area (Å²) < 4.78 is 0. The van der Waals surface area contributed by atoms with Crippen LogP contribution in [-0.4, -0.2) is 43.0 Å². The molecule has 7 nitrogen and oxygen atoms in total. The Hall–Kier alpha value is -4.01. The quantitative estimate of drug-likeness (QED) is 0.235. The highest BCUT2D eigenvalue weighted by Crippen LogP contribution is 2.44. The first-order valence-corrected chi connectivity index (χ1v) is 13.5. The fourth-order valence-electron chi connectivity index (χ4n) is 6.05. The van der Waals surface area contributed by atoms with Crippen LogP contribution in [0.4, 0.5) is 5.69 Å². The van der Waals surface area contributed by atoms with E-state index in [4.69, 9.17) is 17.2 Å². The molecule has 0 bridgehead atoms. The second-order valence-corrected chi connectivity index (χ2v) is 10.6. The summed E-state index contributed by atoms with van der Waals surface area (Å²) in [6, 6.07) is 23.0. The number of aromatic amines is 2. The maximum absolute atomic E-state index is 5.77. The molecule has 190 valence electrons. The van der Waals surface area contributed by atoms with Gasteiger partial charge in [0.25, 0.3) is 0 Å². The molecule has 1 spiro atoms. The molecule has 3 aromatic heterocycles. The van der Waals surface area contributed by atoms with Gasteiger partial charge < -0.3 is 20.2 Å². The Bertz CT molecular complexity index is 1580. The Labute approximate surface area is 226 Å². The molecule has 5 heterocycles. The molecule has 1 fully saturated rings. The lowest BCUT2D eigenvalue weighted by atomic mass is 9.77. The lowest BCUT2D eigenvalue weighted by molar-refractivity contribution is 0.152. The van der Waals surface area contributed by atoms with E-state index in [9.17, 15) is 0 Å². The van der Waals surface area contributed by atoms with Crippen LogP contribution in [0.15, 0.2) is 85.3 Å².